The lowest BCUT2D eigenvalue weighted by atomic mass is 10.1. The van der Waals surface area contributed by atoms with Gasteiger partial charge >= 0.3 is 0 Å². The van der Waals surface area contributed by atoms with Crippen molar-refractivity contribution in [1.82, 2.24) is 10.2 Å². The maximum absolute atomic E-state index is 13.1. The molecule has 0 aliphatic heterocycles. The molecule has 0 spiro atoms. The third-order valence-corrected chi connectivity index (χ3v) is 4.81. The van der Waals surface area contributed by atoms with Crippen LogP contribution >= 0.6 is 23.1 Å². The Morgan fingerprint density at radius 3 is 2.95 bits per heavy atom. The lowest BCUT2D eigenvalue weighted by Crippen LogP contribution is -1.99. The third-order valence-electron chi connectivity index (χ3n) is 2.68. The summed E-state index contributed by atoms with van der Waals surface area (Å²) in [6.07, 6.45) is 0.939. The summed E-state index contributed by atoms with van der Waals surface area (Å²) in [5, 5.41) is 29.1. The minimum Gasteiger partial charge on any atom is -0.330 e. The Morgan fingerprint density at radius 2 is 2.23 bits per heavy atom. The van der Waals surface area contributed by atoms with Crippen molar-refractivity contribution in [2.75, 3.05) is 11.1 Å². The largest absolute Gasteiger partial charge is 0.330 e. The number of anilines is 2. The van der Waals surface area contributed by atoms with Crippen molar-refractivity contribution in [1.29, 1.82) is 10.5 Å². The van der Waals surface area contributed by atoms with E-state index in [0.717, 1.165) is 4.34 Å². The standard InChI is InChI=1S/C14H12FN5S2/c15-11-4-1-5-12(7-11)18-13-19-20-14(22-13)21-9-10(8-17)3-2-6-16/h1,4-5,7,10H,2-3,9H2,(H,18,19)/t10-/m0/s1. The summed E-state index contributed by atoms with van der Waals surface area (Å²) >= 11 is 2.78. The molecule has 0 radical (unpaired) electrons. The number of nitrogens with one attached hydrogen (secondary N) is 1. The number of aromatic nitrogens is 2. The van der Waals surface area contributed by atoms with Crippen LogP contribution in [0.5, 0.6) is 0 Å². The van der Waals surface area contributed by atoms with Gasteiger partial charge in [-0.2, -0.15) is 10.5 Å². The second-order valence-corrected chi connectivity index (χ2v) is 6.59. The summed E-state index contributed by atoms with van der Waals surface area (Å²) in [6, 6.07) is 10.3. The van der Waals surface area contributed by atoms with Crippen molar-refractivity contribution >= 4 is 33.9 Å². The zero-order valence-corrected chi connectivity index (χ0v) is 13.1. The summed E-state index contributed by atoms with van der Waals surface area (Å²) in [5.41, 5.74) is 0.608. The van der Waals surface area contributed by atoms with Crippen LogP contribution in [-0.2, 0) is 0 Å². The molecule has 0 bridgehead atoms. The molecule has 0 aliphatic carbocycles. The molecule has 1 heterocycles. The molecule has 2 rings (SSSR count). The van der Waals surface area contributed by atoms with Crippen LogP contribution < -0.4 is 5.32 Å². The average Bonchev–Trinajstić information content (AvgIpc) is 2.95. The Morgan fingerprint density at radius 1 is 1.36 bits per heavy atom. The van der Waals surface area contributed by atoms with Crippen LogP contribution in [0.3, 0.4) is 0 Å². The third kappa shape index (κ3) is 4.99. The summed E-state index contributed by atoms with van der Waals surface area (Å²) in [4.78, 5) is 0. The van der Waals surface area contributed by atoms with E-state index in [1.54, 1.807) is 12.1 Å². The van der Waals surface area contributed by atoms with Crippen molar-refractivity contribution in [3.05, 3.63) is 30.1 Å². The lowest BCUT2D eigenvalue weighted by Gasteiger charge is -2.03. The molecular formula is C14H12FN5S2. The highest BCUT2D eigenvalue weighted by Crippen LogP contribution is 2.29. The minimum absolute atomic E-state index is 0.173. The minimum atomic E-state index is -0.321. The van der Waals surface area contributed by atoms with E-state index in [1.807, 2.05) is 6.07 Å². The second kappa shape index (κ2) is 8.32. The van der Waals surface area contributed by atoms with E-state index in [4.69, 9.17) is 10.5 Å². The van der Waals surface area contributed by atoms with Crippen molar-refractivity contribution in [2.45, 2.75) is 17.2 Å². The molecule has 0 saturated heterocycles. The number of hydrogen-bond donors (Lipinski definition) is 1. The van der Waals surface area contributed by atoms with Crippen LogP contribution in [0, 0.1) is 34.4 Å². The van der Waals surface area contributed by atoms with Gasteiger partial charge in [0, 0.05) is 17.9 Å². The molecule has 0 saturated carbocycles. The van der Waals surface area contributed by atoms with Crippen molar-refractivity contribution in [2.24, 2.45) is 5.92 Å². The highest BCUT2D eigenvalue weighted by molar-refractivity contribution is 8.01. The maximum atomic E-state index is 13.1. The zero-order valence-electron chi connectivity index (χ0n) is 11.5. The molecule has 1 atom stereocenters. The van der Waals surface area contributed by atoms with Crippen LogP contribution in [0.1, 0.15) is 12.8 Å². The van der Waals surface area contributed by atoms with Crippen molar-refractivity contribution in [3.8, 4) is 12.1 Å². The van der Waals surface area contributed by atoms with Gasteiger partial charge < -0.3 is 5.32 Å². The first-order chi connectivity index (χ1) is 10.7. The summed E-state index contributed by atoms with van der Waals surface area (Å²) < 4.78 is 13.8. The molecule has 0 aliphatic rings. The van der Waals surface area contributed by atoms with Crippen molar-refractivity contribution in [3.63, 3.8) is 0 Å². The lowest BCUT2D eigenvalue weighted by molar-refractivity contribution is 0.628. The Labute approximate surface area is 135 Å². The Balaban J connectivity index is 1.89. The summed E-state index contributed by atoms with van der Waals surface area (Å²) in [6.45, 7) is 0. The number of hydrogen-bond acceptors (Lipinski definition) is 7. The monoisotopic (exact) mass is 333 g/mol. The number of thioether (sulfide) groups is 1. The zero-order chi connectivity index (χ0) is 15.8. The molecule has 0 unspecified atom stereocenters. The first kappa shape index (κ1) is 16.2. The van der Waals surface area contributed by atoms with Crippen LogP contribution in [-0.4, -0.2) is 16.0 Å². The number of rotatable bonds is 7. The van der Waals surface area contributed by atoms with E-state index < -0.39 is 0 Å². The van der Waals surface area contributed by atoms with E-state index in [9.17, 15) is 4.39 Å². The molecular weight excluding hydrogens is 321 g/mol. The normalized spacial score (nSPS) is 11.4. The second-order valence-electron chi connectivity index (χ2n) is 4.34. The highest BCUT2D eigenvalue weighted by Gasteiger charge is 2.11. The smallest absolute Gasteiger partial charge is 0.210 e. The van der Waals surface area contributed by atoms with Gasteiger partial charge in [-0.25, -0.2) is 4.39 Å². The summed E-state index contributed by atoms with van der Waals surface area (Å²) in [7, 11) is 0. The predicted octanol–water partition coefficient (Wildman–Crippen LogP) is 3.96. The first-order valence-corrected chi connectivity index (χ1v) is 8.27. The molecule has 0 amide bonds. The van der Waals surface area contributed by atoms with Crippen LogP contribution in [0.15, 0.2) is 28.6 Å². The number of halogens is 1. The van der Waals surface area contributed by atoms with Gasteiger partial charge in [-0.1, -0.05) is 29.2 Å². The highest BCUT2D eigenvalue weighted by atomic mass is 32.2. The molecule has 22 heavy (non-hydrogen) atoms. The fourth-order valence-corrected chi connectivity index (χ4v) is 3.46. The quantitative estimate of drug-likeness (QED) is 0.772. The Hall–Kier alpha value is -2.16. The molecule has 0 fully saturated rings. The van der Waals surface area contributed by atoms with E-state index in [-0.39, 0.29) is 11.7 Å². The van der Waals surface area contributed by atoms with Crippen LogP contribution in [0.25, 0.3) is 0 Å². The van der Waals surface area contributed by atoms with Crippen LogP contribution in [0.2, 0.25) is 0 Å². The van der Waals surface area contributed by atoms with Crippen molar-refractivity contribution < 1.29 is 4.39 Å². The van der Waals surface area contributed by atoms with Gasteiger partial charge in [0.25, 0.3) is 0 Å². The van der Waals surface area contributed by atoms with Gasteiger partial charge in [0.1, 0.15) is 5.82 Å². The fraction of sp³-hybridized carbons (Fsp3) is 0.286. The number of benzene rings is 1. The molecule has 2 aromatic rings. The molecule has 5 nitrogen and oxygen atoms in total. The van der Waals surface area contributed by atoms with Gasteiger partial charge in [-0.3, -0.25) is 0 Å². The van der Waals surface area contributed by atoms with Gasteiger partial charge in [0.2, 0.25) is 5.13 Å². The average molecular weight is 333 g/mol. The Bertz CT molecular complexity index is 704. The van der Waals surface area contributed by atoms with E-state index in [2.05, 4.69) is 21.6 Å². The maximum Gasteiger partial charge on any atom is 0.210 e. The van der Waals surface area contributed by atoms with Gasteiger partial charge in [-0.05, 0) is 24.6 Å². The Kier molecular flexibility index (Phi) is 6.13. The first-order valence-electron chi connectivity index (χ1n) is 6.46. The predicted molar refractivity (Wildman–Crippen MR) is 84.3 cm³/mol. The molecule has 1 N–H and O–H groups in total. The number of nitriles is 2. The number of nitrogens with zero attached hydrogens (tertiary/aromatic N) is 4. The van der Waals surface area contributed by atoms with E-state index in [1.165, 1.54) is 35.2 Å². The molecule has 112 valence electrons. The molecule has 8 heteroatoms. The van der Waals surface area contributed by atoms with Gasteiger partial charge in [-0.15, -0.1) is 10.2 Å². The van der Waals surface area contributed by atoms with Gasteiger partial charge in [0.05, 0.1) is 18.1 Å². The molecule has 1 aromatic carbocycles. The van der Waals surface area contributed by atoms with Gasteiger partial charge in [0.15, 0.2) is 4.34 Å². The van der Waals surface area contributed by atoms with E-state index in [0.29, 0.717) is 29.4 Å². The SMILES string of the molecule is N#CCC[C@@H](C#N)CSc1nnc(Nc2cccc(F)c2)s1. The summed E-state index contributed by atoms with van der Waals surface area (Å²) in [5.74, 6) is 0.0823. The molecule has 1 aromatic heterocycles. The topological polar surface area (TPSA) is 85.4 Å². The van der Waals surface area contributed by atoms with Crippen LogP contribution in [0.4, 0.5) is 15.2 Å². The fourth-order valence-electron chi connectivity index (χ4n) is 1.60. The van der Waals surface area contributed by atoms with E-state index >= 15 is 0 Å².